The second-order valence-electron chi connectivity index (χ2n) is 5.19. The topological polar surface area (TPSA) is 41.1 Å². The number of thiocarbonyl (C=S) groups is 1. The molecule has 3 rings (SSSR count). The lowest BCUT2D eigenvalue weighted by Crippen LogP contribution is -2.39. The van der Waals surface area contributed by atoms with Crippen LogP contribution in [0.1, 0.15) is 15.2 Å². The summed E-state index contributed by atoms with van der Waals surface area (Å²) in [6, 6.07) is 17.8. The van der Waals surface area contributed by atoms with Crippen molar-refractivity contribution in [2.24, 2.45) is 0 Å². The van der Waals surface area contributed by atoms with Crippen molar-refractivity contribution in [1.29, 1.82) is 0 Å². The predicted octanol–water partition coefficient (Wildman–Crippen LogP) is 4.40. The van der Waals surface area contributed by atoms with Crippen LogP contribution < -0.4 is 10.6 Å². The highest BCUT2D eigenvalue weighted by Crippen LogP contribution is 2.34. The van der Waals surface area contributed by atoms with E-state index < -0.39 is 0 Å². The van der Waals surface area contributed by atoms with E-state index in [-0.39, 0.29) is 5.91 Å². The Balaban J connectivity index is 1.57. The number of thiophene rings is 1. The Morgan fingerprint density at radius 3 is 2.54 bits per heavy atom. The van der Waals surface area contributed by atoms with Crippen LogP contribution in [0.4, 0.5) is 0 Å². The second-order valence-corrected chi connectivity index (χ2v) is 7.03. The van der Waals surface area contributed by atoms with Gasteiger partial charge in [0.05, 0.1) is 5.02 Å². The summed E-state index contributed by atoms with van der Waals surface area (Å²) in [6.45, 7) is 0.656. The van der Waals surface area contributed by atoms with Gasteiger partial charge in [-0.2, -0.15) is 0 Å². The minimum absolute atomic E-state index is 0.279. The molecule has 0 saturated heterocycles. The molecule has 2 N–H and O–H groups in total. The Labute approximate surface area is 154 Å². The average molecular weight is 375 g/mol. The number of nitrogens with one attached hydrogen (secondary N) is 2. The number of fused-ring (bicyclic) bond motifs is 1. The summed E-state index contributed by atoms with van der Waals surface area (Å²) >= 11 is 12.9. The van der Waals surface area contributed by atoms with Gasteiger partial charge in [0.25, 0.3) is 5.91 Å². The normalized spacial score (nSPS) is 10.5. The highest BCUT2D eigenvalue weighted by Gasteiger charge is 2.17. The Bertz CT molecular complexity index is 877. The van der Waals surface area contributed by atoms with Crippen molar-refractivity contribution in [2.45, 2.75) is 6.42 Å². The van der Waals surface area contributed by atoms with Gasteiger partial charge in [0.2, 0.25) is 0 Å². The molecule has 6 heteroatoms. The number of carbonyl (C=O) groups excluding carboxylic acids is 1. The summed E-state index contributed by atoms with van der Waals surface area (Å²) in [5.41, 5.74) is 1.21. The average Bonchev–Trinajstić information content (AvgIpc) is 2.93. The van der Waals surface area contributed by atoms with E-state index in [1.165, 1.54) is 16.9 Å². The van der Waals surface area contributed by atoms with Crippen LogP contribution in [0, 0.1) is 0 Å². The molecule has 122 valence electrons. The van der Waals surface area contributed by atoms with Gasteiger partial charge >= 0.3 is 0 Å². The maximum Gasteiger partial charge on any atom is 0.269 e. The van der Waals surface area contributed by atoms with Crippen LogP contribution >= 0.6 is 35.2 Å². The molecule has 0 aliphatic rings. The summed E-state index contributed by atoms with van der Waals surface area (Å²) in [7, 11) is 0. The van der Waals surface area contributed by atoms with Crippen LogP contribution in [0.2, 0.25) is 5.02 Å². The second kappa shape index (κ2) is 7.75. The summed E-state index contributed by atoms with van der Waals surface area (Å²) < 4.78 is 0.982. The zero-order chi connectivity index (χ0) is 16.9. The minimum atomic E-state index is -0.279. The first-order chi connectivity index (χ1) is 11.6. The summed E-state index contributed by atoms with van der Waals surface area (Å²) in [6.07, 6.45) is 0.834. The molecule has 0 fully saturated rings. The van der Waals surface area contributed by atoms with E-state index >= 15 is 0 Å². The number of benzene rings is 2. The van der Waals surface area contributed by atoms with E-state index in [9.17, 15) is 4.79 Å². The van der Waals surface area contributed by atoms with Gasteiger partial charge in [-0.25, -0.2) is 0 Å². The fraction of sp³-hybridized carbons (Fsp3) is 0.111. The van der Waals surface area contributed by atoms with Crippen LogP contribution in [0.25, 0.3) is 10.1 Å². The minimum Gasteiger partial charge on any atom is -0.362 e. The van der Waals surface area contributed by atoms with E-state index in [2.05, 4.69) is 22.8 Å². The molecule has 0 spiro atoms. The zero-order valence-corrected chi connectivity index (χ0v) is 15.1. The van der Waals surface area contributed by atoms with Crippen LogP contribution in [0.15, 0.2) is 54.6 Å². The third kappa shape index (κ3) is 3.93. The highest BCUT2D eigenvalue weighted by atomic mass is 35.5. The van der Waals surface area contributed by atoms with Crippen LogP contribution in [0.3, 0.4) is 0 Å². The van der Waals surface area contributed by atoms with E-state index in [0.717, 1.165) is 16.5 Å². The fourth-order valence-corrected chi connectivity index (χ4v) is 3.94. The van der Waals surface area contributed by atoms with Gasteiger partial charge in [-0.15, -0.1) is 11.3 Å². The van der Waals surface area contributed by atoms with Crippen LogP contribution in [-0.4, -0.2) is 17.6 Å². The Morgan fingerprint density at radius 1 is 1.08 bits per heavy atom. The quantitative estimate of drug-likeness (QED) is 0.665. The maximum atomic E-state index is 12.4. The third-order valence-corrected chi connectivity index (χ3v) is 5.43. The highest BCUT2D eigenvalue weighted by molar-refractivity contribution is 7.80. The Kier molecular flexibility index (Phi) is 5.45. The summed E-state index contributed by atoms with van der Waals surface area (Å²) in [4.78, 5) is 12.8. The van der Waals surface area contributed by atoms with Gasteiger partial charge in [0, 0.05) is 16.6 Å². The number of halogens is 1. The number of hydrogen-bond acceptors (Lipinski definition) is 3. The van der Waals surface area contributed by atoms with Crippen molar-refractivity contribution >= 4 is 56.3 Å². The van der Waals surface area contributed by atoms with E-state index in [1.807, 2.05) is 42.5 Å². The van der Waals surface area contributed by atoms with Gasteiger partial charge in [-0.3, -0.25) is 10.1 Å². The molecule has 1 amide bonds. The summed E-state index contributed by atoms with van der Waals surface area (Å²) in [5, 5.41) is 7.41. The van der Waals surface area contributed by atoms with Gasteiger partial charge in [-0.05, 0) is 30.3 Å². The molecular weight excluding hydrogens is 360 g/mol. The van der Waals surface area contributed by atoms with Crippen LogP contribution in [0.5, 0.6) is 0 Å². The van der Waals surface area contributed by atoms with Gasteiger partial charge in [-0.1, -0.05) is 60.1 Å². The third-order valence-electron chi connectivity index (χ3n) is 3.51. The molecule has 0 aliphatic carbocycles. The zero-order valence-electron chi connectivity index (χ0n) is 12.7. The van der Waals surface area contributed by atoms with Crippen molar-refractivity contribution in [3.8, 4) is 0 Å². The lowest BCUT2D eigenvalue weighted by molar-refractivity contribution is 0.0981. The number of carbonyl (C=O) groups is 1. The lowest BCUT2D eigenvalue weighted by Gasteiger charge is -2.09. The van der Waals surface area contributed by atoms with Crippen molar-refractivity contribution in [2.75, 3.05) is 6.54 Å². The summed E-state index contributed by atoms with van der Waals surface area (Å²) in [5.74, 6) is -0.279. The molecule has 1 aromatic heterocycles. The molecular formula is C18H15ClN2OS2. The van der Waals surface area contributed by atoms with Gasteiger partial charge in [0.15, 0.2) is 5.11 Å². The van der Waals surface area contributed by atoms with E-state index in [4.69, 9.17) is 23.8 Å². The predicted molar refractivity (Wildman–Crippen MR) is 105 cm³/mol. The molecule has 0 aliphatic heterocycles. The number of amides is 1. The number of rotatable bonds is 4. The standard InChI is InChI=1S/C18H15ClN2OS2/c19-15-13-8-4-5-9-14(13)24-16(15)17(22)21-18(23)20-11-10-12-6-2-1-3-7-12/h1-9H,10-11H2,(H2,20,21,22,23). The molecule has 0 bridgehead atoms. The molecule has 2 aromatic carbocycles. The Morgan fingerprint density at radius 2 is 1.79 bits per heavy atom. The van der Waals surface area contributed by atoms with Gasteiger partial charge < -0.3 is 5.32 Å². The van der Waals surface area contributed by atoms with Gasteiger partial charge in [0.1, 0.15) is 4.88 Å². The lowest BCUT2D eigenvalue weighted by atomic mass is 10.1. The first kappa shape index (κ1) is 16.9. The largest absolute Gasteiger partial charge is 0.362 e. The molecule has 24 heavy (non-hydrogen) atoms. The molecule has 3 aromatic rings. The van der Waals surface area contributed by atoms with Crippen molar-refractivity contribution < 1.29 is 4.79 Å². The molecule has 0 atom stereocenters. The van der Waals surface area contributed by atoms with Crippen molar-refractivity contribution in [3.05, 3.63) is 70.1 Å². The smallest absolute Gasteiger partial charge is 0.269 e. The molecule has 0 radical (unpaired) electrons. The molecule has 1 heterocycles. The molecule has 3 nitrogen and oxygen atoms in total. The monoisotopic (exact) mass is 374 g/mol. The maximum absolute atomic E-state index is 12.4. The first-order valence-corrected chi connectivity index (χ1v) is 9.05. The van der Waals surface area contributed by atoms with E-state index in [0.29, 0.717) is 21.6 Å². The first-order valence-electron chi connectivity index (χ1n) is 7.45. The van der Waals surface area contributed by atoms with Crippen molar-refractivity contribution in [3.63, 3.8) is 0 Å². The Hall–Kier alpha value is -1.95. The number of hydrogen-bond donors (Lipinski definition) is 2. The fourth-order valence-electron chi connectivity index (χ4n) is 2.33. The van der Waals surface area contributed by atoms with E-state index in [1.54, 1.807) is 0 Å². The van der Waals surface area contributed by atoms with Crippen molar-refractivity contribution in [1.82, 2.24) is 10.6 Å². The SMILES string of the molecule is O=C(NC(=S)NCCc1ccccc1)c1sc2ccccc2c1Cl. The molecule has 0 unspecified atom stereocenters. The van der Waals surface area contributed by atoms with Crippen LogP contribution in [-0.2, 0) is 6.42 Å². The molecule has 0 saturated carbocycles.